The molecule has 7 nitrogen and oxygen atoms in total. The zero-order chi connectivity index (χ0) is 15.4. The lowest BCUT2D eigenvalue weighted by Gasteiger charge is -2.05. The van der Waals surface area contributed by atoms with E-state index in [0.717, 1.165) is 0 Å². The van der Waals surface area contributed by atoms with Crippen molar-refractivity contribution in [3.05, 3.63) is 46.2 Å². The van der Waals surface area contributed by atoms with Crippen molar-refractivity contribution in [2.75, 3.05) is 13.7 Å². The van der Waals surface area contributed by atoms with Crippen molar-refractivity contribution in [3.63, 3.8) is 0 Å². The summed E-state index contributed by atoms with van der Waals surface area (Å²) in [5.74, 6) is -0.0572. The smallest absolute Gasteiger partial charge is 0.373 e. The molecule has 0 radical (unpaired) electrons. The summed E-state index contributed by atoms with van der Waals surface area (Å²) in [7, 11) is 1.24. The van der Waals surface area contributed by atoms with Crippen LogP contribution in [-0.2, 0) is 4.74 Å². The summed E-state index contributed by atoms with van der Waals surface area (Å²) in [5, 5.41) is 11.1. The third-order valence-corrected chi connectivity index (χ3v) is 2.73. The van der Waals surface area contributed by atoms with Crippen molar-refractivity contribution >= 4 is 11.7 Å². The molecule has 0 unspecified atom stereocenters. The minimum atomic E-state index is -0.610. The number of furan rings is 1. The van der Waals surface area contributed by atoms with E-state index in [1.54, 1.807) is 19.1 Å². The minimum Gasteiger partial charge on any atom is -0.487 e. The molecule has 0 spiro atoms. The minimum absolute atomic E-state index is 0.0315. The monoisotopic (exact) mass is 291 g/mol. The molecule has 1 aromatic carbocycles. The number of carbonyl (C=O) groups is 1. The van der Waals surface area contributed by atoms with E-state index in [1.165, 1.54) is 25.3 Å². The fraction of sp³-hybridized carbons (Fsp3) is 0.214. The second-order valence-corrected chi connectivity index (χ2v) is 4.03. The fourth-order valence-corrected chi connectivity index (χ4v) is 1.79. The van der Waals surface area contributed by atoms with Gasteiger partial charge in [-0.1, -0.05) is 0 Å². The van der Waals surface area contributed by atoms with Gasteiger partial charge in [0.2, 0.25) is 5.76 Å². The zero-order valence-corrected chi connectivity index (χ0v) is 11.5. The van der Waals surface area contributed by atoms with Gasteiger partial charge < -0.3 is 13.9 Å². The first-order valence-corrected chi connectivity index (χ1v) is 6.16. The molecule has 1 heterocycles. The van der Waals surface area contributed by atoms with E-state index in [1.807, 2.05) is 0 Å². The Morgan fingerprint density at radius 3 is 2.71 bits per heavy atom. The molecule has 2 rings (SSSR count). The molecule has 2 aromatic rings. The van der Waals surface area contributed by atoms with Gasteiger partial charge in [-0.2, -0.15) is 0 Å². The van der Waals surface area contributed by atoms with E-state index in [-0.39, 0.29) is 17.2 Å². The van der Waals surface area contributed by atoms with Crippen molar-refractivity contribution in [2.45, 2.75) is 6.92 Å². The molecule has 0 fully saturated rings. The van der Waals surface area contributed by atoms with Crippen LogP contribution >= 0.6 is 0 Å². The maximum absolute atomic E-state index is 11.3. The lowest BCUT2D eigenvalue weighted by atomic mass is 10.1. The number of nitrogens with zero attached hydrogens (tertiary/aromatic N) is 1. The normalized spacial score (nSPS) is 10.2. The average molecular weight is 291 g/mol. The van der Waals surface area contributed by atoms with E-state index >= 15 is 0 Å². The Kier molecular flexibility index (Phi) is 4.22. The van der Waals surface area contributed by atoms with Crippen molar-refractivity contribution in [1.82, 2.24) is 0 Å². The summed E-state index contributed by atoms with van der Waals surface area (Å²) in [6.07, 6.45) is 0. The molecule has 0 bridgehead atoms. The first kappa shape index (κ1) is 14.6. The molecule has 110 valence electrons. The molecule has 0 saturated heterocycles. The summed E-state index contributed by atoms with van der Waals surface area (Å²) in [5.41, 5.74) is 0.311. The van der Waals surface area contributed by atoms with Crippen LogP contribution in [0.3, 0.4) is 0 Å². The predicted octanol–water partition coefficient (Wildman–Crippen LogP) is 3.04. The summed E-state index contributed by atoms with van der Waals surface area (Å²) < 4.78 is 15.1. The quantitative estimate of drug-likeness (QED) is 0.477. The van der Waals surface area contributed by atoms with Crippen LogP contribution in [0.5, 0.6) is 5.75 Å². The molecular weight excluding hydrogens is 278 g/mol. The Morgan fingerprint density at radius 1 is 1.33 bits per heavy atom. The van der Waals surface area contributed by atoms with Crippen LogP contribution in [0.15, 0.2) is 34.7 Å². The molecule has 0 N–H and O–H groups in total. The molecule has 1 aromatic heterocycles. The number of esters is 1. The van der Waals surface area contributed by atoms with E-state index in [9.17, 15) is 14.9 Å². The maximum atomic E-state index is 11.3. The Labute approximate surface area is 120 Å². The molecule has 0 saturated carbocycles. The zero-order valence-electron chi connectivity index (χ0n) is 11.5. The predicted molar refractivity (Wildman–Crippen MR) is 73.3 cm³/mol. The number of benzene rings is 1. The molecule has 21 heavy (non-hydrogen) atoms. The highest BCUT2D eigenvalue weighted by atomic mass is 16.6. The highest BCUT2D eigenvalue weighted by Gasteiger charge is 2.18. The van der Waals surface area contributed by atoms with Crippen LogP contribution in [0.2, 0.25) is 0 Å². The molecule has 0 atom stereocenters. The summed E-state index contributed by atoms with van der Waals surface area (Å²) in [6, 6.07) is 7.45. The number of nitro benzene ring substituents is 1. The van der Waals surface area contributed by atoms with Gasteiger partial charge in [-0.15, -0.1) is 0 Å². The van der Waals surface area contributed by atoms with Gasteiger partial charge in [-0.25, -0.2) is 4.79 Å². The molecule has 0 aliphatic rings. The highest BCUT2D eigenvalue weighted by Crippen LogP contribution is 2.33. The topological polar surface area (TPSA) is 91.8 Å². The average Bonchev–Trinajstić information content (AvgIpc) is 2.96. The molecule has 0 amide bonds. The van der Waals surface area contributed by atoms with Gasteiger partial charge in [0.05, 0.1) is 18.6 Å². The van der Waals surface area contributed by atoms with Gasteiger partial charge in [0.25, 0.3) is 0 Å². The van der Waals surface area contributed by atoms with E-state index in [4.69, 9.17) is 9.15 Å². The summed E-state index contributed by atoms with van der Waals surface area (Å²) in [4.78, 5) is 21.9. The van der Waals surface area contributed by atoms with Gasteiger partial charge in [-0.3, -0.25) is 10.1 Å². The van der Waals surface area contributed by atoms with Crippen LogP contribution in [0.1, 0.15) is 17.5 Å². The van der Waals surface area contributed by atoms with Crippen molar-refractivity contribution in [2.24, 2.45) is 0 Å². The maximum Gasteiger partial charge on any atom is 0.373 e. The van der Waals surface area contributed by atoms with E-state index in [2.05, 4.69) is 4.74 Å². The van der Waals surface area contributed by atoms with Crippen molar-refractivity contribution in [3.8, 4) is 17.1 Å². The second kappa shape index (κ2) is 6.08. The van der Waals surface area contributed by atoms with Crippen LogP contribution in [-0.4, -0.2) is 24.6 Å². The third-order valence-electron chi connectivity index (χ3n) is 2.73. The summed E-state index contributed by atoms with van der Waals surface area (Å²) in [6.45, 7) is 2.07. The number of methoxy groups -OCH3 is 1. The number of rotatable bonds is 5. The van der Waals surface area contributed by atoms with E-state index < -0.39 is 10.9 Å². The first-order chi connectivity index (χ1) is 10.1. The van der Waals surface area contributed by atoms with Crippen LogP contribution in [0.25, 0.3) is 11.3 Å². The summed E-state index contributed by atoms with van der Waals surface area (Å²) >= 11 is 0. The van der Waals surface area contributed by atoms with Crippen LogP contribution in [0, 0.1) is 10.1 Å². The van der Waals surface area contributed by atoms with Crippen LogP contribution in [0.4, 0.5) is 5.69 Å². The van der Waals surface area contributed by atoms with Crippen molar-refractivity contribution < 1.29 is 23.6 Å². The highest BCUT2D eigenvalue weighted by molar-refractivity contribution is 5.87. The van der Waals surface area contributed by atoms with Crippen molar-refractivity contribution in [1.29, 1.82) is 0 Å². The third kappa shape index (κ3) is 3.02. The standard InChI is InChI=1S/C14H13NO6/c1-3-20-12-5-4-9(8-10(12)15(17)18)11-6-7-13(21-11)14(16)19-2/h4-8H,3H2,1-2H3. The second-order valence-electron chi connectivity index (χ2n) is 4.03. The molecule has 0 aliphatic carbocycles. The number of nitro groups is 1. The Balaban J connectivity index is 2.40. The Hall–Kier alpha value is -2.83. The van der Waals surface area contributed by atoms with Gasteiger partial charge in [0.15, 0.2) is 5.75 Å². The van der Waals surface area contributed by atoms with E-state index in [0.29, 0.717) is 17.9 Å². The molecule has 0 aliphatic heterocycles. The number of carbonyl (C=O) groups excluding carboxylic acids is 1. The van der Waals surface area contributed by atoms with Crippen LogP contribution < -0.4 is 4.74 Å². The van der Waals surface area contributed by atoms with Gasteiger partial charge in [-0.05, 0) is 31.2 Å². The van der Waals surface area contributed by atoms with Gasteiger partial charge in [0, 0.05) is 11.6 Å². The number of hydrogen-bond acceptors (Lipinski definition) is 6. The molecule has 7 heteroatoms. The first-order valence-electron chi connectivity index (χ1n) is 6.16. The van der Waals surface area contributed by atoms with Gasteiger partial charge >= 0.3 is 11.7 Å². The number of hydrogen-bond donors (Lipinski definition) is 0. The Morgan fingerprint density at radius 2 is 2.10 bits per heavy atom. The SMILES string of the molecule is CCOc1ccc(-c2ccc(C(=O)OC)o2)cc1[N+](=O)[O-]. The molecular formula is C14H13NO6. The number of ether oxygens (including phenoxy) is 2. The Bertz CT molecular complexity index is 676. The largest absolute Gasteiger partial charge is 0.487 e. The lowest BCUT2D eigenvalue weighted by Crippen LogP contribution is -1.98. The lowest BCUT2D eigenvalue weighted by molar-refractivity contribution is -0.385. The van der Waals surface area contributed by atoms with Gasteiger partial charge in [0.1, 0.15) is 5.76 Å². The fourth-order valence-electron chi connectivity index (χ4n) is 1.79.